The molecule has 3 rings (SSSR count). The molecule has 0 saturated heterocycles. The second-order valence-electron chi connectivity index (χ2n) is 10.7. The van der Waals surface area contributed by atoms with Crippen LogP contribution in [0, 0.1) is 5.92 Å². The zero-order valence-electron chi connectivity index (χ0n) is 23.1. The van der Waals surface area contributed by atoms with E-state index in [1.165, 1.54) is 11.2 Å². The van der Waals surface area contributed by atoms with Crippen molar-refractivity contribution in [3.63, 3.8) is 0 Å². The fourth-order valence-electron chi connectivity index (χ4n) is 4.16. The molecule has 0 fully saturated rings. The number of hydrogen-bond acceptors (Lipinski definition) is 5. The smallest absolute Gasteiger partial charge is 0.408 e. The van der Waals surface area contributed by atoms with Gasteiger partial charge in [-0.05, 0) is 17.0 Å². The summed E-state index contributed by atoms with van der Waals surface area (Å²) in [5, 5.41) is 5.68. The summed E-state index contributed by atoms with van der Waals surface area (Å²) in [7, 11) is 0. The van der Waals surface area contributed by atoms with E-state index in [1.54, 1.807) is 6.20 Å². The fraction of sp³-hybridized carbons (Fsp3) is 0.400. The van der Waals surface area contributed by atoms with Crippen molar-refractivity contribution in [2.24, 2.45) is 5.92 Å². The summed E-state index contributed by atoms with van der Waals surface area (Å²) >= 11 is 0. The van der Waals surface area contributed by atoms with Crippen LogP contribution in [0.3, 0.4) is 0 Å². The van der Waals surface area contributed by atoms with Gasteiger partial charge in [-0.1, -0.05) is 88.4 Å². The number of benzene rings is 2. The zero-order valence-corrected chi connectivity index (χ0v) is 23.1. The SMILES string of the molecule is CC(C)CN(CC(=O)NCC(C)(C)c1ccccc1)C(=O)C(Cc1cnc[nH]1)NC(=O)OCc1ccccc1. The summed E-state index contributed by atoms with van der Waals surface area (Å²) in [6.07, 6.45) is 2.58. The summed E-state index contributed by atoms with van der Waals surface area (Å²) in [6, 6.07) is 18.3. The Morgan fingerprint density at radius 2 is 1.69 bits per heavy atom. The average Bonchev–Trinajstić information content (AvgIpc) is 3.44. The van der Waals surface area contributed by atoms with Crippen molar-refractivity contribution >= 4 is 17.9 Å². The van der Waals surface area contributed by atoms with Crippen molar-refractivity contribution in [3.05, 3.63) is 90.0 Å². The number of nitrogens with zero attached hydrogens (tertiary/aromatic N) is 2. The van der Waals surface area contributed by atoms with E-state index in [0.717, 1.165) is 11.1 Å². The van der Waals surface area contributed by atoms with Crippen LogP contribution in [-0.4, -0.2) is 58.5 Å². The van der Waals surface area contributed by atoms with Gasteiger partial charge in [0.15, 0.2) is 0 Å². The minimum Gasteiger partial charge on any atom is -0.445 e. The Hall–Kier alpha value is -4.14. The van der Waals surface area contributed by atoms with Gasteiger partial charge >= 0.3 is 6.09 Å². The third-order valence-electron chi connectivity index (χ3n) is 6.30. The van der Waals surface area contributed by atoms with E-state index in [0.29, 0.717) is 18.8 Å². The second kappa shape index (κ2) is 14.1. The molecule has 208 valence electrons. The Morgan fingerprint density at radius 3 is 2.31 bits per heavy atom. The molecule has 1 aromatic heterocycles. The van der Waals surface area contributed by atoms with E-state index in [4.69, 9.17) is 4.74 Å². The Bertz CT molecular complexity index is 1180. The standard InChI is InChI=1S/C30H39N5O4/c1-22(2)17-35(18-27(36)32-20-30(3,4)24-13-9-6-10-14-24)28(37)26(15-25-16-31-21-33-25)34-29(38)39-19-23-11-7-5-8-12-23/h5-14,16,21-22,26H,15,17-20H2,1-4H3,(H,31,33)(H,32,36)(H,34,38). The molecule has 2 aromatic carbocycles. The lowest BCUT2D eigenvalue weighted by Gasteiger charge is -2.30. The number of carbonyl (C=O) groups is 3. The zero-order chi connectivity index (χ0) is 28.3. The number of imidazole rings is 1. The van der Waals surface area contributed by atoms with Crippen LogP contribution in [0.1, 0.15) is 44.5 Å². The van der Waals surface area contributed by atoms with Gasteiger partial charge in [0.05, 0.1) is 12.9 Å². The Morgan fingerprint density at radius 1 is 1.03 bits per heavy atom. The van der Waals surface area contributed by atoms with Crippen molar-refractivity contribution in [1.82, 2.24) is 25.5 Å². The molecule has 0 aliphatic rings. The molecule has 1 atom stereocenters. The third-order valence-corrected chi connectivity index (χ3v) is 6.30. The average molecular weight is 534 g/mol. The van der Waals surface area contributed by atoms with Gasteiger partial charge in [-0.3, -0.25) is 9.59 Å². The van der Waals surface area contributed by atoms with E-state index < -0.39 is 12.1 Å². The maximum Gasteiger partial charge on any atom is 0.408 e. The number of rotatable bonds is 13. The number of alkyl carbamates (subject to hydrolysis) is 1. The highest BCUT2D eigenvalue weighted by Crippen LogP contribution is 2.21. The van der Waals surface area contributed by atoms with Gasteiger partial charge in [-0.25, -0.2) is 9.78 Å². The van der Waals surface area contributed by atoms with Gasteiger partial charge in [0.1, 0.15) is 12.6 Å². The molecule has 1 unspecified atom stereocenters. The van der Waals surface area contributed by atoms with E-state index in [1.807, 2.05) is 74.5 Å². The first-order chi connectivity index (χ1) is 18.6. The lowest BCUT2D eigenvalue weighted by atomic mass is 9.84. The van der Waals surface area contributed by atoms with E-state index >= 15 is 0 Å². The van der Waals surface area contributed by atoms with E-state index in [9.17, 15) is 14.4 Å². The third kappa shape index (κ3) is 9.59. The molecule has 0 saturated carbocycles. The molecule has 3 aromatic rings. The number of carbonyl (C=O) groups excluding carboxylic acids is 3. The highest BCUT2D eigenvalue weighted by molar-refractivity contribution is 5.89. The molecular formula is C30H39N5O4. The van der Waals surface area contributed by atoms with Crippen LogP contribution in [0.25, 0.3) is 0 Å². The minimum atomic E-state index is -0.943. The van der Waals surface area contributed by atoms with Crippen molar-refractivity contribution in [2.45, 2.75) is 52.2 Å². The molecule has 3 N–H and O–H groups in total. The summed E-state index contributed by atoms with van der Waals surface area (Å²) in [5.74, 6) is -0.521. The number of aromatic nitrogens is 2. The van der Waals surface area contributed by atoms with Gasteiger partial charge in [0.2, 0.25) is 11.8 Å². The van der Waals surface area contributed by atoms with E-state index in [2.05, 4.69) is 34.4 Å². The molecule has 9 heteroatoms. The van der Waals surface area contributed by atoms with Gasteiger partial charge < -0.3 is 25.3 Å². The summed E-state index contributed by atoms with van der Waals surface area (Å²) < 4.78 is 5.36. The molecule has 1 heterocycles. The van der Waals surface area contributed by atoms with Crippen LogP contribution in [0.2, 0.25) is 0 Å². The molecule has 39 heavy (non-hydrogen) atoms. The number of nitrogens with one attached hydrogen (secondary N) is 3. The highest BCUT2D eigenvalue weighted by atomic mass is 16.5. The Kier molecular flexibility index (Phi) is 10.7. The van der Waals surface area contributed by atoms with Crippen molar-refractivity contribution < 1.29 is 19.1 Å². The lowest BCUT2D eigenvalue weighted by Crippen LogP contribution is -2.53. The Labute approximate surface area is 230 Å². The maximum absolute atomic E-state index is 13.7. The molecular weight excluding hydrogens is 494 g/mol. The number of aromatic amines is 1. The minimum absolute atomic E-state index is 0.0763. The highest BCUT2D eigenvalue weighted by Gasteiger charge is 2.30. The molecule has 0 bridgehead atoms. The molecule has 9 nitrogen and oxygen atoms in total. The summed E-state index contributed by atoms with van der Waals surface area (Å²) in [5.41, 5.74) is 2.34. The lowest BCUT2D eigenvalue weighted by molar-refractivity contribution is -0.138. The number of amides is 3. The first kappa shape index (κ1) is 29.4. The van der Waals surface area contributed by atoms with Crippen LogP contribution in [0.5, 0.6) is 0 Å². The number of hydrogen-bond donors (Lipinski definition) is 3. The molecule has 0 radical (unpaired) electrons. The van der Waals surface area contributed by atoms with E-state index in [-0.39, 0.29) is 42.7 Å². The second-order valence-corrected chi connectivity index (χ2v) is 10.7. The van der Waals surface area contributed by atoms with Crippen LogP contribution in [0.15, 0.2) is 73.2 Å². The number of ether oxygens (including phenoxy) is 1. The first-order valence-corrected chi connectivity index (χ1v) is 13.2. The van der Waals surface area contributed by atoms with Crippen LogP contribution < -0.4 is 10.6 Å². The van der Waals surface area contributed by atoms with Crippen molar-refractivity contribution in [1.29, 1.82) is 0 Å². The normalized spacial score (nSPS) is 12.0. The molecule has 0 spiro atoms. The van der Waals surface area contributed by atoms with Crippen LogP contribution in [0.4, 0.5) is 4.79 Å². The molecule has 0 aliphatic heterocycles. The van der Waals surface area contributed by atoms with Crippen LogP contribution in [-0.2, 0) is 32.8 Å². The predicted octanol–water partition coefficient (Wildman–Crippen LogP) is 3.83. The van der Waals surface area contributed by atoms with Gasteiger partial charge in [-0.2, -0.15) is 0 Å². The quantitative estimate of drug-likeness (QED) is 0.309. The molecule has 3 amide bonds. The van der Waals surface area contributed by atoms with Crippen molar-refractivity contribution in [3.8, 4) is 0 Å². The topological polar surface area (TPSA) is 116 Å². The summed E-state index contributed by atoms with van der Waals surface area (Å²) in [4.78, 5) is 47.9. The fourth-order valence-corrected chi connectivity index (χ4v) is 4.16. The van der Waals surface area contributed by atoms with Gasteiger partial charge in [0, 0.05) is 36.8 Å². The van der Waals surface area contributed by atoms with Gasteiger partial charge in [0.25, 0.3) is 0 Å². The summed E-state index contributed by atoms with van der Waals surface area (Å²) in [6.45, 7) is 8.80. The van der Waals surface area contributed by atoms with Crippen LogP contribution >= 0.6 is 0 Å². The largest absolute Gasteiger partial charge is 0.445 e. The number of H-pyrrole nitrogens is 1. The van der Waals surface area contributed by atoms with Gasteiger partial charge in [-0.15, -0.1) is 0 Å². The Balaban J connectivity index is 1.67. The molecule has 0 aliphatic carbocycles. The maximum atomic E-state index is 13.7. The predicted molar refractivity (Wildman–Crippen MR) is 150 cm³/mol. The monoisotopic (exact) mass is 533 g/mol. The van der Waals surface area contributed by atoms with Crippen molar-refractivity contribution in [2.75, 3.05) is 19.6 Å². The first-order valence-electron chi connectivity index (χ1n) is 13.2.